The van der Waals surface area contributed by atoms with Gasteiger partial charge in [0.15, 0.2) is 0 Å². The molecule has 0 saturated carbocycles. The number of pyridine rings is 1. The number of rotatable bonds is 7. The molecule has 0 amide bonds. The molecule has 1 rings (SSSR count). The lowest BCUT2D eigenvalue weighted by atomic mass is 10.2. The van der Waals surface area contributed by atoms with Crippen LogP contribution in [0.15, 0.2) is 12.3 Å². The highest BCUT2D eigenvalue weighted by Gasteiger charge is 2.10. The molecular weight excluding hydrogens is 220 g/mol. The molecule has 3 N–H and O–H groups in total. The van der Waals surface area contributed by atoms with E-state index in [1.54, 1.807) is 0 Å². The summed E-state index contributed by atoms with van der Waals surface area (Å²) in [5, 5.41) is 8.87. The summed E-state index contributed by atoms with van der Waals surface area (Å²) in [6.07, 6.45) is 5.71. The number of unbranched alkanes of at least 4 members (excludes halogenated alkanes) is 3. The van der Waals surface area contributed by atoms with Crippen LogP contribution < -0.4 is 10.5 Å². The lowest BCUT2D eigenvalue weighted by Crippen LogP contribution is -2.05. The van der Waals surface area contributed by atoms with Gasteiger partial charge in [-0.3, -0.25) is 0 Å². The van der Waals surface area contributed by atoms with E-state index in [4.69, 9.17) is 15.6 Å². The minimum atomic E-state index is -1.07. The lowest BCUT2D eigenvalue weighted by Gasteiger charge is -2.06. The number of aromatic nitrogens is 1. The Labute approximate surface area is 101 Å². The number of carboxylic acids is 1. The van der Waals surface area contributed by atoms with E-state index in [-0.39, 0.29) is 11.3 Å². The molecule has 94 valence electrons. The Bertz CT molecular complexity index is 380. The zero-order chi connectivity index (χ0) is 12.7. The number of anilines is 1. The molecule has 0 aliphatic rings. The van der Waals surface area contributed by atoms with Gasteiger partial charge in [0.05, 0.1) is 24.1 Å². The Morgan fingerprint density at radius 3 is 2.88 bits per heavy atom. The van der Waals surface area contributed by atoms with E-state index < -0.39 is 5.97 Å². The Morgan fingerprint density at radius 1 is 1.47 bits per heavy atom. The van der Waals surface area contributed by atoms with E-state index in [0.29, 0.717) is 12.5 Å². The normalized spacial score (nSPS) is 10.2. The maximum absolute atomic E-state index is 10.8. The third kappa shape index (κ3) is 4.30. The molecule has 0 aromatic carbocycles. The standard InChI is InChI=1S/C12H18N2O3/c1-2-3-4-5-6-17-11-7-9(12(15)16)10(13)8-14-11/h7-8H,2-6,13H2,1H3,(H,15,16). The van der Waals surface area contributed by atoms with Gasteiger partial charge in [0, 0.05) is 6.07 Å². The quantitative estimate of drug-likeness (QED) is 0.712. The number of ether oxygens (including phenoxy) is 1. The van der Waals surface area contributed by atoms with Crippen LogP contribution in [0.2, 0.25) is 0 Å². The van der Waals surface area contributed by atoms with Gasteiger partial charge in [0.25, 0.3) is 0 Å². The van der Waals surface area contributed by atoms with Gasteiger partial charge in [-0.1, -0.05) is 26.2 Å². The highest BCUT2D eigenvalue weighted by molar-refractivity contribution is 5.93. The van der Waals surface area contributed by atoms with E-state index in [0.717, 1.165) is 12.8 Å². The Hall–Kier alpha value is -1.78. The summed E-state index contributed by atoms with van der Waals surface area (Å²) in [6, 6.07) is 1.36. The van der Waals surface area contributed by atoms with E-state index in [9.17, 15) is 4.79 Å². The Morgan fingerprint density at radius 2 is 2.24 bits per heavy atom. The van der Waals surface area contributed by atoms with Crippen LogP contribution in [0.1, 0.15) is 43.0 Å². The number of nitrogens with two attached hydrogens (primary N) is 1. The number of hydrogen-bond donors (Lipinski definition) is 2. The van der Waals surface area contributed by atoms with Crippen molar-refractivity contribution in [2.75, 3.05) is 12.3 Å². The molecule has 5 heteroatoms. The molecule has 0 spiro atoms. The molecule has 0 unspecified atom stereocenters. The van der Waals surface area contributed by atoms with Gasteiger partial charge in [0.1, 0.15) is 0 Å². The second-order valence-corrected chi connectivity index (χ2v) is 3.82. The maximum atomic E-state index is 10.8. The molecule has 0 aliphatic heterocycles. The predicted octanol–water partition coefficient (Wildman–Crippen LogP) is 2.32. The zero-order valence-corrected chi connectivity index (χ0v) is 9.98. The van der Waals surface area contributed by atoms with Crippen molar-refractivity contribution in [3.8, 4) is 5.88 Å². The van der Waals surface area contributed by atoms with Crippen molar-refractivity contribution >= 4 is 11.7 Å². The number of aromatic carboxylic acids is 1. The topological polar surface area (TPSA) is 85.4 Å². The summed E-state index contributed by atoms with van der Waals surface area (Å²) in [5.41, 5.74) is 5.67. The monoisotopic (exact) mass is 238 g/mol. The van der Waals surface area contributed by atoms with Crippen LogP contribution in [-0.4, -0.2) is 22.7 Å². The first-order valence-corrected chi connectivity index (χ1v) is 5.76. The molecule has 5 nitrogen and oxygen atoms in total. The summed E-state index contributed by atoms with van der Waals surface area (Å²) >= 11 is 0. The second kappa shape index (κ2) is 6.73. The van der Waals surface area contributed by atoms with Crippen molar-refractivity contribution in [2.24, 2.45) is 0 Å². The predicted molar refractivity (Wildman–Crippen MR) is 65.2 cm³/mol. The van der Waals surface area contributed by atoms with Crippen molar-refractivity contribution in [3.63, 3.8) is 0 Å². The number of carbonyl (C=O) groups is 1. The number of nitrogens with zero attached hydrogens (tertiary/aromatic N) is 1. The smallest absolute Gasteiger partial charge is 0.338 e. The molecule has 0 fully saturated rings. The van der Waals surface area contributed by atoms with Crippen LogP contribution in [-0.2, 0) is 0 Å². The summed E-state index contributed by atoms with van der Waals surface area (Å²) in [4.78, 5) is 14.8. The average Bonchev–Trinajstić information content (AvgIpc) is 2.30. The largest absolute Gasteiger partial charge is 0.478 e. The molecule has 0 bridgehead atoms. The van der Waals surface area contributed by atoms with Gasteiger partial charge in [-0.25, -0.2) is 9.78 Å². The number of carboxylic acid groups (broad SMARTS) is 1. The van der Waals surface area contributed by atoms with Crippen molar-refractivity contribution in [2.45, 2.75) is 32.6 Å². The molecule has 0 radical (unpaired) electrons. The molecule has 0 atom stereocenters. The SMILES string of the molecule is CCCCCCOc1cc(C(=O)O)c(N)cn1. The highest BCUT2D eigenvalue weighted by Crippen LogP contribution is 2.16. The minimum Gasteiger partial charge on any atom is -0.478 e. The average molecular weight is 238 g/mol. The van der Waals surface area contributed by atoms with E-state index in [1.807, 2.05) is 0 Å². The molecule has 1 aromatic heterocycles. The summed E-state index contributed by atoms with van der Waals surface area (Å²) in [5.74, 6) is -0.756. The molecule has 0 aliphatic carbocycles. The molecule has 1 aromatic rings. The van der Waals surface area contributed by atoms with E-state index in [2.05, 4.69) is 11.9 Å². The third-order valence-corrected chi connectivity index (χ3v) is 2.39. The summed E-state index contributed by atoms with van der Waals surface area (Å²) in [6.45, 7) is 2.69. The highest BCUT2D eigenvalue weighted by atomic mass is 16.5. The first-order valence-electron chi connectivity index (χ1n) is 5.76. The van der Waals surface area contributed by atoms with E-state index >= 15 is 0 Å². The first kappa shape index (κ1) is 13.3. The van der Waals surface area contributed by atoms with Crippen LogP contribution >= 0.6 is 0 Å². The Kier molecular flexibility index (Phi) is 5.26. The molecule has 0 saturated heterocycles. The first-order chi connectivity index (χ1) is 8.15. The van der Waals surface area contributed by atoms with Gasteiger partial charge in [-0.15, -0.1) is 0 Å². The van der Waals surface area contributed by atoms with E-state index in [1.165, 1.54) is 25.1 Å². The van der Waals surface area contributed by atoms with Crippen molar-refractivity contribution in [1.82, 2.24) is 4.98 Å². The number of hydrogen-bond acceptors (Lipinski definition) is 4. The summed E-state index contributed by atoms with van der Waals surface area (Å²) in [7, 11) is 0. The zero-order valence-electron chi connectivity index (χ0n) is 9.98. The van der Waals surface area contributed by atoms with Gasteiger partial charge < -0.3 is 15.6 Å². The fourth-order valence-corrected chi connectivity index (χ4v) is 1.42. The van der Waals surface area contributed by atoms with Crippen LogP contribution in [0.4, 0.5) is 5.69 Å². The van der Waals surface area contributed by atoms with Crippen LogP contribution in [0, 0.1) is 0 Å². The second-order valence-electron chi connectivity index (χ2n) is 3.82. The fourth-order valence-electron chi connectivity index (χ4n) is 1.42. The van der Waals surface area contributed by atoms with Gasteiger partial charge in [-0.05, 0) is 6.42 Å². The van der Waals surface area contributed by atoms with Crippen LogP contribution in [0.25, 0.3) is 0 Å². The van der Waals surface area contributed by atoms with Gasteiger partial charge in [-0.2, -0.15) is 0 Å². The van der Waals surface area contributed by atoms with Crippen LogP contribution in [0.5, 0.6) is 5.88 Å². The van der Waals surface area contributed by atoms with Crippen molar-refractivity contribution in [3.05, 3.63) is 17.8 Å². The van der Waals surface area contributed by atoms with Crippen LogP contribution in [0.3, 0.4) is 0 Å². The molecule has 1 heterocycles. The fraction of sp³-hybridized carbons (Fsp3) is 0.500. The lowest BCUT2D eigenvalue weighted by molar-refractivity contribution is 0.0697. The molecule has 17 heavy (non-hydrogen) atoms. The number of nitrogen functional groups attached to an aromatic ring is 1. The van der Waals surface area contributed by atoms with Gasteiger partial charge in [0.2, 0.25) is 5.88 Å². The third-order valence-electron chi connectivity index (χ3n) is 2.39. The molecular formula is C12H18N2O3. The minimum absolute atomic E-state index is 0.0311. The summed E-state index contributed by atoms with van der Waals surface area (Å²) < 4.78 is 5.37. The maximum Gasteiger partial charge on any atom is 0.338 e. The van der Waals surface area contributed by atoms with Crippen molar-refractivity contribution < 1.29 is 14.6 Å². The van der Waals surface area contributed by atoms with Crippen molar-refractivity contribution in [1.29, 1.82) is 0 Å². The Balaban J connectivity index is 2.49. The van der Waals surface area contributed by atoms with Gasteiger partial charge >= 0.3 is 5.97 Å².